The molecular weight excluding hydrogens is 224 g/mol. The molecule has 0 aliphatic rings. The summed E-state index contributed by atoms with van der Waals surface area (Å²) in [6.45, 7) is 10.4. The minimum absolute atomic E-state index is 0.0739. The SMILES string of the molecule is Cc1ccncc1-c1nc(C)n(C(C)(C)C)c1N. The Hall–Kier alpha value is -1.84. The van der Waals surface area contributed by atoms with Gasteiger partial charge in [0, 0.05) is 23.5 Å². The van der Waals surface area contributed by atoms with Crippen LogP contribution in [-0.4, -0.2) is 14.5 Å². The number of anilines is 1. The minimum atomic E-state index is -0.0739. The van der Waals surface area contributed by atoms with Gasteiger partial charge >= 0.3 is 0 Å². The number of aromatic nitrogens is 3. The molecule has 0 amide bonds. The fourth-order valence-corrected chi connectivity index (χ4v) is 2.31. The van der Waals surface area contributed by atoms with Gasteiger partial charge in [-0.05, 0) is 46.2 Å². The first kappa shape index (κ1) is 12.6. The lowest BCUT2D eigenvalue weighted by molar-refractivity contribution is 0.393. The van der Waals surface area contributed by atoms with Crippen LogP contribution in [0.4, 0.5) is 5.82 Å². The topological polar surface area (TPSA) is 56.7 Å². The van der Waals surface area contributed by atoms with Gasteiger partial charge in [-0.3, -0.25) is 4.98 Å². The molecule has 96 valence electrons. The van der Waals surface area contributed by atoms with Crippen LogP contribution in [0.5, 0.6) is 0 Å². The average Bonchev–Trinajstić information content (AvgIpc) is 2.54. The second-order valence-corrected chi connectivity index (χ2v) is 5.59. The lowest BCUT2D eigenvalue weighted by atomic mass is 10.1. The number of nitrogens with two attached hydrogens (primary N) is 1. The second-order valence-electron chi connectivity index (χ2n) is 5.59. The Bertz CT molecular complexity index is 576. The third-order valence-electron chi connectivity index (χ3n) is 3.05. The van der Waals surface area contributed by atoms with E-state index in [0.29, 0.717) is 5.82 Å². The highest BCUT2D eigenvalue weighted by Crippen LogP contribution is 2.32. The Kier molecular flexibility index (Phi) is 2.89. The standard InChI is InChI=1S/C14H20N4/c1-9-6-7-16-8-11(9)12-13(15)18(10(2)17-12)14(3,4)5/h6-8H,15H2,1-5H3. The molecule has 0 saturated heterocycles. The molecule has 2 N–H and O–H groups in total. The molecule has 0 radical (unpaired) electrons. The largest absolute Gasteiger partial charge is 0.383 e. The summed E-state index contributed by atoms with van der Waals surface area (Å²) >= 11 is 0. The second kappa shape index (κ2) is 4.12. The molecule has 2 heterocycles. The Morgan fingerprint density at radius 2 is 1.89 bits per heavy atom. The molecule has 4 heteroatoms. The fourth-order valence-electron chi connectivity index (χ4n) is 2.31. The van der Waals surface area contributed by atoms with E-state index >= 15 is 0 Å². The van der Waals surface area contributed by atoms with Crippen molar-refractivity contribution in [3.63, 3.8) is 0 Å². The van der Waals surface area contributed by atoms with E-state index < -0.39 is 0 Å². The summed E-state index contributed by atoms with van der Waals surface area (Å²) in [4.78, 5) is 8.76. The monoisotopic (exact) mass is 244 g/mol. The number of imidazole rings is 1. The van der Waals surface area contributed by atoms with E-state index in [1.165, 1.54) is 0 Å². The smallest absolute Gasteiger partial charge is 0.132 e. The highest BCUT2D eigenvalue weighted by molar-refractivity contribution is 5.73. The quantitative estimate of drug-likeness (QED) is 0.839. The maximum absolute atomic E-state index is 6.26. The number of aryl methyl sites for hydroxylation is 2. The molecule has 0 atom stereocenters. The van der Waals surface area contributed by atoms with Crippen molar-refractivity contribution in [2.75, 3.05) is 5.73 Å². The molecule has 2 aromatic heterocycles. The fraction of sp³-hybridized carbons (Fsp3) is 0.429. The van der Waals surface area contributed by atoms with Gasteiger partial charge in [0.05, 0.1) is 0 Å². The van der Waals surface area contributed by atoms with Crippen molar-refractivity contribution in [1.82, 2.24) is 14.5 Å². The molecule has 0 saturated carbocycles. The van der Waals surface area contributed by atoms with Gasteiger partial charge < -0.3 is 10.3 Å². The molecule has 0 fully saturated rings. The summed E-state index contributed by atoms with van der Waals surface area (Å²) in [7, 11) is 0. The third-order valence-corrected chi connectivity index (χ3v) is 3.05. The summed E-state index contributed by atoms with van der Waals surface area (Å²) in [5, 5.41) is 0. The first-order valence-electron chi connectivity index (χ1n) is 6.08. The highest BCUT2D eigenvalue weighted by Gasteiger charge is 2.23. The molecule has 4 nitrogen and oxygen atoms in total. The van der Waals surface area contributed by atoms with Crippen LogP contribution < -0.4 is 5.73 Å². The normalized spacial score (nSPS) is 11.8. The first-order chi connectivity index (χ1) is 8.32. The number of pyridine rings is 1. The van der Waals surface area contributed by atoms with E-state index in [-0.39, 0.29) is 5.54 Å². The highest BCUT2D eigenvalue weighted by atomic mass is 15.2. The summed E-state index contributed by atoms with van der Waals surface area (Å²) < 4.78 is 2.06. The lowest BCUT2D eigenvalue weighted by Crippen LogP contribution is -2.24. The Morgan fingerprint density at radius 1 is 1.22 bits per heavy atom. The van der Waals surface area contributed by atoms with Gasteiger partial charge in [0.1, 0.15) is 17.3 Å². The molecular formula is C14H20N4. The van der Waals surface area contributed by atoms with Crippen LogP contribution in [0.25, 0.3) is 11.3 Å². The number of rotatable bonds is 1. The Balaban J connectivity index is 2.66. The minimum Gasteiger partial charge on any atom is -0.383 e. The van der Waals surface area contributed by atoms with Crippen LogP contribution >= 0.6 is 0 Å². The molecule has 0 aliphatic carbocycles. The van der Waals surface area contributed by atoms with Crippen molar-refractivity contribution in [2.45, 2.75) is 40.2 Å². The number of hydrogen-bond acceptors (Lipinski definition) is 3. The van der Waals surface area contributed by atoms with Crippen LogP contribution in [0.2, 0.25) is 0 Å². The Labute approximate surface area is 108 Å². The van der Waals surface area contributed by atoms with Gasteiger partial charge in [-0.2, -0.15) is 0 Å². The molecule has 18 heavy (non-hydrogen) atoms. The predicted molar refractivity (Wildman–Crippen MR) is 74.3 cm³/mol. The van der Waals surface area contributed by atoms with E-state index in [4.69, 9.17) is 5.73 Å². The summed E-state index contributed by atoms with van der Waals surface area (Å²) in [6, 6.07) is 1.97. The van der Waals surface area contributed by atoms with E-state index in [1.54, 1.807) is 6.20 Å². The van der Waals surface area contributed by atoms with Crippen molar-refractivity contribution >= 4 is 5.82 Å². The van der Waals surface area contributed by atoms with Crippen LogP contribution in [-0.2, 0) is 5.54 Å². The van der Waals surface area contributed by atoms with E-state index in [9.17, 15) is 0 Å². The predicted octanol–water partition coefficient (Wildman–Crippen LogP) is 2.90. The van der Waals surface area contributed by atoms with Crippen LogP contribution in [0.3, 0.4) is 0 Å². The molecule has 0 spiro atoms. The molecule has 0 bridgehead atoms. The van der Waals surface area contributed by atoms with E-state index in [2.05, 4.69) is 35.3 Å². The van der Waals surface area contributed by atoms with Gasteiger partial charge in [-0.1, -0.05) is 0 Å². The van der Waals surface area contributed by atoms with Crippen molar-refractivity contribution in [3.05, 3.63) is 29.8 Å². The lowest BCUT2D eigenvalue weighted by Gasteiger charge is -2.24. The molecule has 0 aromatic carbocycles. The van der Waals surface area contributed by atoms with E-state index in [0.717, 1.165) is 22.6 Å². The van der Waals surface area contributed by atoms with Crippen molar-refractivity contribution in [1.29, 1.82) is 0 Å². The van der Waals surface area contributed by atoms with E-state index in [1.807, 2.05) is 26.1 Å². The Morgan fingerprint density at radius 3 is 2.39 bits per heavy atom. The van der Waals surface area contributed by atoms with Crippen LogP contribution in [0.1, 0.15) is 32.2 Å². The van der Waals surface area contributed by atoms with Crippen molar-refractivity contribution in [3.8, 4) is 11.3 Å². The van der Waals surface area contributed by atoms with Crippen molar-refractivity contribution in [2.24, 2.45) is 0 Å². The van der Waals surface area contributed by atoms with Crippen LogP contribution in [0, 0.1) is 13.8 Å². The maximum Gasteiger partial charge on any atom is 0.132 e. The summed E-state index contributed by atoms with van der Waals surface area (Å²) in [5.74, 6) is 1.63. The van der Waals surface area contributed by atoms with Gasteiger partial charge in [-0.15, -0.1) is 0 Å². The molecule has 0 unspecified atom stereocenters. The average molecular weight is 244 g/mol. The molecule has 0 aliphatic heterocycles. The van der Waals surface area contributed by atoms with Gasteiger partial charge in [0.25, 0.3) is 0 Å². The van der Waals surface area contributed by atoms with Gasteiger partial charge in [0.2, 0.25) is 0 Å². The molecule has 2 aromatic rings. The summed E-state index contributed by atoms with van der Waals surface area (Å²) in [5.41, 5.74) is 9.15. The van der Waals surface area contributed by atoms with Gasteiger partial charge in [0.15, 0.2) is 0 Å². The zero-order valence-electron chi connectivity index (χ0n) is 11.7. The van der Waals surface area contributed by atoms with Gasteiger partial charge in [-0.25, -0.2) is 4.98 Å². The third kappa shape index (κ3) is 1.98. The van der Waals surface area contributed by atoms with Crippen molar-refractivity contribution < 1.29 is 0 Å². The number of nitrogen functional groups attached to an aromatic ring is 1. The van der Waals surface area contributed by atoms with Crippen LogP contribution in [0.15, 0.2) is 18.5 Å². The summed E-state index contributed by atoms with van der Waals surface area (Å²) in [6.07, 6.45) is 3.60. The first-order valence-corrected chi connectivity index (χ1v) is 6.08. The zero-order valence-corrected chi connectivity index (χ0v) is 11.7. The number of hydrogen-bond donors (Lipinski definition) is 1. The maximum atomic E-state index is 6.26. The molecule has 2 rings (SSSR count). The zero-order chi connectivity index (χ0) is 13.5. The number of nitrogens with zero attached hydrogens (tertiary/aromatic N) is 3.